The van der Waals surface area contributed by atoms with Crippen LogP contribution in [0.2, 0.25) is 0 Å². The van der Waals surface area contributed by atoms with Crippen LogP contribution in [-0.2, 0) is 26.0 Å². The smallest absolute Gasteiger partial charge is 0.306 e. The van der Waals surface area contributed by atoms with Crippen molar-refractivity contribution >= 4 is 33.2 Å². The molecule has 0 aromatic carbocycles. The molecule has 7 nitrogen and oxygen atoms in total. The van der Waals surface area contributed by atoms with Crippen molar-refractivity contribution in [1.29, 1.82) is 0 Å². The molecule has 2 heterocycles. The van der Waals surface area contributed by atoms with Crippen molar-refractivity contribution in [3.8, 4) is 0 Å². The van der Waals surface area contributed by atoms with Gasteiger partial charge in [0, 0.05) is 24.0 Å². The van der Waals surface area contributed by atoms with Crippen molar-refractivity contribution in [2.45, 2.75) is 42.4 Å². The second-order valence-electron chi connectivity index (χ2n) is 6.28. The number of carboxylic acids is 1. The van der Waals surface area contributed by atoms with Gasteiger partial charge in [0.2, 0.25) is 5.91 Å². The monoisotopic (exact) mass is 372 g/mol. The Balaban J connectivity index is 1.54. The van der Waals surface area contributed by atoms with Gasteiger partial charge in [-0.25, -0.2) is 8.42 Å². The molecule has 1 aliphatic carbocycles. The Morgan fingerprint density at radius 1 is 1.25 bits per heavy atom. The van der Waals surface area contributed by atoms with E-state index >= 15 is 0 Å². The minimum atomic E-state index is -3.43. The van der Waals surface area contributed by atoms with E-state index < -0.39 is 16.0 Å². The molecule has 0 spiro atoms. The number of carbonyl (C=O) groups is 2. The second kappa shape index (κ2) is 6.81. The summed E-state index contributed by atoms with van der Waals surface area (Å²) in [7, 11) is -3.43. The SMILES string of the molecule is O=C(Cc1ccc(S(=O)(=O)N2CCCC2)s1)NC1CC(C(=O)O)C1. The third kappa shape index (κ3) is 3.62. The lowest BCUT2D eigenvalue weighted by Gasteiger charge is -2.32. The number of carbonyl (C=O) groups excluding carboxylic acids is 1. The molecule has 3 rings (SSSR count). The van der Waals surface area contributed by atoms with Crippen LogP contribution in [0.25, 0.3) is 0 Å². The summed E-state index contributed by atoms with van der Waals surface area (Å²) in [4.78, 5) is 23.4. The number of aliphatic carboxylic acids is 1. The molecule has 1 saturated carbocycles. The van der Waals surface area contributed by atoms with Crippen LogP contribution in [0.15, 0.2) is 16.3 Å². The average molecular weight is 372 g/mol. The number of nitrogens with one attached hydrogen (secondary N) is 1. The van der Waals surface area contributed by atoms with E-state index in [0.29, 0.717) is 30.8 Å². The topological polar surface area (TPSA) is 104 Å². The quantitative estimate of drug-likeness (QED) is 0.777. The minimum Gasteiger partial charge on any atom is -0.481 e. The molecule has 1 aromatic heterocycles. The molecular formula is C15H20N2O5S2. The molecule has 0 unspecified atom stereocenters. The number of sulfonamides is 1. The molecule has 1 aliphatic heterocycles. The van der Waals surface area contributed by atoms with E-state index in [4.69, 9.17) is 5.11 Å². The van der Waals surface area contributed by atoms with Gasteiger partial charge in [0.1, 0.15) is 4.21 Å². The van der Waals surface area contributed by atoms with Crippen LogP contribution in [0.3, 0.4) is 0 Å². The zero-order valence-electron chi connectivity index (χ0n) is 13.1. The number of thiophene rings is 1. The van der Waals surface area contributed by atoms with Gasteiger partial charge in [0.25, 0.3) is 10.0 Å². The molecule has 1 aromatic rings. The number of carboxylic acid groups (broad SMARTS) is 1. The number of rotatable bonds is 6. The highest BCUT2D eigenvalue weighted by molar-refractivity contribution is 7.91. The van der Waals surface area contributed by atoms with Crippen LogP contribution in [0.5, 0.6) is 0 Å². The van der Waals surface area contributed by atoms with E-state index in [0.717, 1.165) is 24.2 Å². The van der Waals surface area contributed by atoms with Gasteiger partial charge in [-0.1, -0.05) is 0 Å². The van der Waals surface area contributed by atoms with Gasteiger partial charge in [-0.15, -0.1) is 11.3 Å². The third-order valence-corrected chi connectivity index (χ3v) is 7.93. The molecule has 2 fully saturated rings. The lowest BCUT2D eigenvalue weighted by molar-refractivity contribution is -0.146. The fourth-order valence-electron chi connectivity index (χ4n) is 3.02. The predicted molar refractivity (Wildman–Crippen MR) is 88.3 cm³/mol. The molecule has 1 saturated heterocycles. The minimum absolute atomic E-state index is 0.0913. The van der Waals surface area contributed by atoms with Gasteiger partial charge < -0.3 is 10.4 Å². The Hall–Kier alpha value is -1.45. The maximum atomic E-state index is 12.4. The number of hydrogen-bond donors (Lipinski definition) is 2. The Kier molecular flexibility index (Phi) is 4.93. The zero-order chi connectivity index (χ0) is 17.3. The van der Waals surface area contributed by atoms with E-state index in [-0.39, 0.29) is 28.5 Å². The van der Waals surface area contributed by atoms with E-state index in [2.05, 4.69) is 5.32 Å². The fourth-order valence-corrected chi connectivity index (χ4v) is 6.05. The van der Waals surface area contributed by atoms with E-state index in [9.17, 15) is 18.0 Å². The first-order valence-corrected chi connectivity index (χ1v) is 10.2. The maximum Gasteiger partial charge on any atom is 0.306 e. The van der Waals surface area contributed by atoms with E-state index in [1.54, 1.807) is 12.1 Å². The molecule has 0 radical (unpaired) electrons. The Labute approximate surface area is 144 Å². The Morgan fingerprint density at radius 2 is 1.92 bits per heavy atom. The highest BCUT2D eigenvalue weighted by Gasteiger charge is 2.35. The fraction of sp³-hybridized carbons (Fsp3) is 0.600. The first-order chi connectivity index (χ1) is 11.4. The lowest BCUT2D eigenvalue weighted by Crippen LogP contribution is -2.47. The van der Waals surface area contributed by atoms with Gasteiger partial charge in [0.05, 0.1) is 12.3 Å². The van der Waals surface area contributed by atoms with Crippen molar-refractivity contribution in [2.24, 2.45) is 5.92 Å². The average Bonchev–Trinajstić information content (AvgIpc) is 3.13. The molecule has 2 aliphatic rings. The summed E-state index contributed by atoms with van der Waals surface area (Å²) in [6.07, 6.45) is 2.81. The zero-order valence-corrected chi connectivity index (χ0v) is 14.7. The number of hydrogen-bond acceptors (Lipinski definition) is 5. The highest BCUT2D eigenvalue weighted by atomic mass is 32.2. The summed E-state index contributed by atoms with van der Waals surface area (Å²) in [5, 5.41) is 11.6. The molecule has 132 valence electrons. The van der Waals surface area contributed by atoms with Crippen LogP contribution < -0.4 is 5.32 Å². The van der Waals surface area contributed by atoms with Crippen LogP contribution >= 0.6 is 11.3 Å². The van der Waals surface area contributed by atoms with Gasteiger partial charge in [-0.3, -0.25) is 9.59 Å². The predicted octanol–water partition coefficient (Wildman–Crippen LogP) is 1.05. The van der Waals surface area contributed by atoms with Crippen molar-refractivity contribution in [3.05, 3.63) is 17.0 Å². The summed E-state index contributed by atoms with van der Waals surface area (Å²) in [6, 6.07) is 3.14. The van der Waals surface area contributed by atoms with Gasteiger partial charge in [-0.2, -0.15) is 4.31 Å². The maximum absolute atomic E-state index is 12.4. The first kappa shape index (κ1) is 17.4. The van der Waals surface area contributed by atoms with Crippen LogP contribution in [0, 0.1) is 5.92 Å². The largest absolute Gasteiger partial charge is 0.481 e. The molecule has 1 amide bonds. The number of amides is 1. The van der Waals surface area contributed by atoms with Gasteiger partial charge in [0.15, 0.2) is 0 Å². The lowest BCUT2D eigenvalue weighted by atomic mass is 9.80. The standard InChI is InChI=1S/C15H20N2O5S2/c18-13(16-11-7-10(8-11)15(19)20)9-12-3-4-14(23-12)24(21,22)17-5-1-2-6-17/h3-4,10-11H,1-2,5-9H2,(H,16,18)(H,19,20). The normalized spacial score (nSPS) is 24.5. The van der Waals surface area contributed by atoms with Crippen molar-refractivity contribution in [3.63, 3.8) is 0 Å². The highest BCUT2D eigenvalue weighted by Crippen LogP contribution is 2.29. The molecule has 24 heavy (non-hydrogen) atoms. The Morgan fingerprint density at radius 3 is 2.54 bits per heavy atom. The second-order valence-corrected chi connectivity index (χ2v) is 9.61. The number of nitrogens with zero attached hydrogens (tertiary/aromatic N) is 1. The third-order valence-electron chi connectivity index (χ3n) is 4.48. The summed E-state index contributed by atoms with van der Waals surface area (Å²) in [6.45, 7) is 1.12. The first-order valence-electron chi connectivity index (χ1n) is 7.97. The molecule has 9 heteroatoms. The summed E-state index contributed by atoms with van der Waals surface area (Å²) < 4.78 is 26.7. The van der Waals surface area contributed by atoms with E-state index in [1.165, 1.54) is 4.31 Å². The van der Waals surface area contributed by atoms with Gasteiger partial charge >= 0.3 is 5.97 Å². The molecule has 2 N–H and O–H groups in total. The molecule has 0 atom stereocenters. The van der Waals surface area contributed by atoms with Crippen molar-refractivity contribution in [2.75, 3.05) is 13.1 Å². The van der Waals surface area contributed by atoms with E-state index in [1.807, 2.05) is 0 Å². The molecular weight excluding hydrogens is 352 g/mol. The van der Waals surface area contributed by atoms with Crippen LogP contribution in [0.1, 0.15) is 30.6 Å². The van der Waals surface area contributed by atoms with Crippen molar-refractivity contribution < 1.29 is 23.1 Å². The van der Waals surface area contributed by atoms with Crippen LogP contribution in [-0.4, -0.2) is 48.8 Å². The summed E-state index contributed by atoms with van der Waals surface area (Å²) in [5.74, 6) is -1.39. The van der Waals surface area contributed by atoms with Crippen molar-refractivity contribution in [1.82, 2.24) is 9.62 Å². The summed E-state index contributed by atoms with van der Waals surface area (Å²) in [5.41, 5.74) is 0. The Bertz CT molecular complexity index is 731. The molecule has 0 bridgehead atoms. The summed E-state index contributed by atoms with van der Waals surface area (Å²) >= 11 is 1.13. The van der Waals surface area contributed by atoms with Crippen LogP contribution in [0.4, 0.5) is 0 Å². The van der Waals surface area contributed by atoms with Gasteiger partial charge in [-0.05, 0) is 37.8 Å².